The van der Waals surface area contributed by atoms with E-state index in [1.165, 1.54) is 12.0 Å². The molecule has 0 aliphatic heterocycles. The molecule has 0 atom stereocenters. The van der Waals surface area contributed by atoms with Crippen LogP contribution in [0.3, 0.4) is 0 Å². The first-order valence-electron chi connectivity index (χ1n) is 5.10. The normalized spacial score (nSPS) is 9.82. The predicted molar refractivity (Wildman–Crippen MR) is 63.0 cm³/mol. The van der Waals surface area contributed by atoms with Crippen molar-refractivity contribution in [3.63, 3.8) is 0 Å². The van der Waals surface area contributed by atoms with Gasteiger partial charge in [0, 0.05) is 13.6 Å². The van der Waals surface area contributed by atoms with E-state index in [0.717, 1.165) is 0 Å². The molecule has 0 radical (unpaired) electrons. The van der Waals surface area contributed by atoms with Gasteiger partial charge in [-0.3, -0.25) is 4.79 Å². The lowest BCUT2D eigenvalue weighted by Crippen LogP contribution is -2.32. The minimum atomic E-state index is -0.461. The van der Waals surface area contributed by atoms with Gasteiger partial charge in [-0.05, 0) is 6.92 Å². The molecular weight excluding hydrogens is 224 g/mol. The molecule has 8 heteroatoms. The van der Waals surface area contributed by atoms with Gasteiger partial charge in [0.15, 0.2) is 0 Å². The van der Waals surface area contributed by atoms with Gasteiger partial charge < -0.3 is 20.7 Å². The number of primary amides is 1. The van der Waals surface area contributed by atoms with Crippen molar-refractivity contribution in [2.24, 2.45) is 5.73 Å². The van der Waals surface area contributed by atoms with Crippen molar-refractivity contribution in [1.82, 2.24) is 15.0 Å². The fourth-order valence-electron chi connectivity index (χ4n) is 1.15. The Morgan fingerprint density at radius 1 is 1.47 bits per heavy atom. The summed E-state index contributed by atoms with van der Waals surface area (Å²) in [5, 5.41) is 2.95. The summed E-state index contributed by atoms with van der Waals surface area (Å²) in [6, 6.07) is 0.183. The summed E-state index contributed by atoms with van der Waals surface area (Å²) in [6.45, 7) is 2.62. The molecule has 0 aliphatic carbocycles. The molecule has 1 aromatic rings. The number of nitrogens with two attached hydrogens (primary N) is 1. The van der Waals surface area contributed by atoms with E-state index in [1.807, 2.05) is 6.92 Å². The number of rotatable bonds is 6. The number of carbonyl (C=O) groups excluding carboxylic acids is 1. The van der Waals surface area contributed by atoms with Crippen LogP contribution in [0.2, 0.25) is 0 Å². The molecular formula is C9H16N6O2. The molecule has 0 fully saturated rings. The van der Waals surface area contributed by atoms with Crippen molar-refractivity contribution in [3.05, 3.63) is 0 Å². The van der Waals surface area contributed by atoms with Gasteiger partial charge in [-0.2, -0.15) is 15.0 Å². The molecule has 17 heavy (non-hydrogen) atoms. The summed E-state index contributed by atoms with van der Waals surface area (Å²) in [5.74, 6) is 0.258. The molecule has 3 N–H and O–H groups in total. The molecule has 1 heterocycles. The second-order valence-electron chi connectivity index (χ2n) is 3.30. The van der Waals surface area contributed by atoms with Crippen molar-refractivity contribution in [2.45, 2.75) is 6.92 Å². The monoisotopic (exact) mass is 240 g/mol. The number of methoxy groups -OCH3 is 1. The molecule has 0 bridgehead atoms. The van der Waals surface area contributed by atoms with Gasteiger partial charge in [0.1, 0.15) is 0 Å². The zero-order valence-electron chi connectivity index (χ0n) is 10.1. The van der Waals surface area contributed by atoms with Crippen molar-refractivity contribution in [1.29, 1.82) is 0 Å². The smallest absolute Gasteiger partial charge is 0.322 e. The topological polar surface area (TPSA) is 106 Å². The van der Waals surface area contributed by atoms with Gasteiger partial charge in [-0.25, -0.2) is 0 Å². The van der Waals surface area contributed by atoms with Crippen LogP contribution in [0.25, 0.3) is 0 Å². The van der Waals surface area contributed by atoms with Gasteiger partial charge >= 0.3 is 6.01 Å². The average Bonchev–Trinajstić information content (AvgIpc) is 2.28. The van der Waals surface area contributed by atoms with Crippen LogP contribution in [0.1, 0.15) is 6.92 Å². The summed E-state index contributed by atoms with van der Waals surface area (Å²) in [4.78, 5) is 24.5. The lowest BCUT2D eigenvalue weighted by molar-refractivity contribution is -0.116. The Morgan fingerprint density at radius 3 is 2.71 bits per heavy atom. The minimum Gasteiger partial charge on any atom is -0.467 e. The van der Waals surface area contributed by atoms with Crippen molar-refractivity contribution in [3.8, 4) is 6.01 Å². The zero-order chi connectivity index (χ0) is 12.8. The molecule has 0 spiro atoms. The first-order chi connectivity index (χ1) is 8.06. The largest absolute Gasteiger partial charge is 0.467 e. The number of nitrogens with one attached hydrogen (secondary N) is 1. The van der Waals surface area contributed by atoms with E-state index in [2.05, 4.69) is 20.3 Å². The summed E-state index contributed by atoms with van der Waals surface area (Å²) in [5.41, 5.74) is 5.10. The quantitative estimate of drug-likeness (QED) is 0.672. The Hall–Kier alpha value is -2.12. The number of likely N-dealkylation sites (N-methyl/N-ethyl adjacent to an activating group) is 1. The van der Waals surface area contributed by atoms with E-state index in [4.69, 9.17) is 10.5 Å². The fraction of sp³-hybridized carbons (Fsp3) is 0.556. The summed E-state index contributed by atoms with van der Waals surface area (Å²) in [7, 11) is 3.12. The Balaban J connectivity index is 2.96. The van der Waals surface area contributed by atoms with Crippen molar-refractivity contribution >= 4 is 17.8 Å². The van der Waals surface area contributed by atoms with Crippen LogP contribution in [0.15, 0.2) is 0 Å². The molecule has 0 aromatic carbocycles. The highest BCUT2D eigenvalue weighted by molar-refractivity contribution is 5.78. The lowest BCUT2D eigenvalue weighted by Gasteiger charge is -2.15. The molecule has 0 aliphatic rings. The van der Waals surface area contributed by atoms with Gasteiger partial charge in [0.2, 0.25) is 17.8 Å². The highest BCUT2D eigenvalue weighted by atomic mass is 16.5. The third kappa shape index (κ3) is 3.74. The van der Waals surface area contributed by atoms with E-state index in [0.29, 0.717) is 18.4 Å². The molecule has 1 amide bonds. The van der Waals surface area contributed by atoms with Crippen LogP contribution in [0, 0.1) is 0 Å². The number of amides is 1. The number of hydrogen-bond acceptors (Lipinski definition) is 7. The minimum absolute atomic E-state index is 0.0265. The number of carbonyl (C=O) groups is 1. The summed E-state index contributed by atoms with van der Waals surface area (Å²) < 4.78 is 4.95. The molecule has 8 nitrogen and oxygen atoms in total. The second kappa shape index (κ2) is 5.83. The van der Waals surface area contributed by atoms with Crippen molar-refractivity contribution < 1.29 is 9.53 Å². The van der Waals surface area contributed by atoms with Gasteiger partial charge in [0.05, 0.1) is 13.7 Å². The van der Waals surface area contributed by atoms with E-state index in [9.17, 15) is 4.79 Å². The predicted octanol–water partition coefficient (Wildman–Crippen LogP) is -0.766. The molecule has 0 saturated heterocycles. The van der Waals surface area contributed by atoms with Gasteiger partial charge in [-0.1, -0.05) is 0 Å². The van der Waals surface area contributed by atoms with E-state index in [1.54, 1.807) is 7.05 Å². The number of hydrogen-bond donors (Lipinski definition) is 2. The van der Waals surface area contributed by atoms with Gasteiger partial charge in [0.25, 0.3) is 0 Å². The maximum absolute atomic E-state index is 10.8. The Labute approximate surface area is 99.2 Å². The molecule has 1 aromatic heterocycles. The van der Waals surface area contributed by atoms with Crippen molar-refractivity contribution in [2.75, 3.05) is 37.5 Å². The third-order valence-corrected chi connectivity index (χ3v) is 1.85. The second-order valence-corrected chi connectivity index (χ2v) is 3.30. The van der Waals surface area contributed by atoms with Crippen LogP contribution in [0.5, 0.6) is 6.01 Å². The van der Waals surface area contributed by atoms with Crippen LogP contribution >= 0.6 is 0 Å². The fourth-order valence-corrected chi connectivity index (χ4v) is 1.15. The van der Waals surface area contributed by atoms with E-state index >= 15 is 0 Å². The standard InChI is InChI=1S/C9H16N6O2/c1-4-11-7-12-8(14-9(13-7)17-3)15(2)5-6(10)16/h4-5H2,1-3H3,(H2,10,16)(H,11,12,13,14). The number of aromatic nitrogens is 3. The van der Waals surface area contributed by atoms with E-state index in [-0.39, 0.29) is 12.6 Å². The summed E-state index contributed by atoms with van der Waals surface area (Å²) in [6.07, 6.45) is 0. The zero-order valence-corrected chi connectivity index (χ0v) is 10.1. The average molecular weight is 240 g/mol. The maximum atomic E-state index is 10.8. The molecule has 94 valence electrons. The van der Waals surface area contributed by atoms with Crippen LogP contribution in [-0.4, -0.2) is 48.1 Å². The Morgan fingerprint density at radius 2 is 2.18 bits per heavy atom. The summed E-state index contributed by atoms with van der Waals surface area (Å²) >= 11 is 0. The molecule has 1 rings (SSSR count). The Kier molecular flexibility index (Phi) is 4.44. The molecule has 0 unspecified atom stereocenters. The molecule has 0 saturated carbocycles. The van der Waals surface area contributed by atoms with Crippen LogP contribution < -0.4 is 20.7 Å². The highest BCUT2D eigenvalue weighted by Gasteiger charge is 2.11. The van der Waals surface area contributed by atoms with E-state index < -0.39 is 5.91 Å². The number of ether oxygens (including phenoxy) is 1. The van der Waals surface area contributed by atoms with Gasteiger partial charge in [-0.15, -0.1) is 0 Å². The Bertz CT molecular complexity index is 397. The number of anilines is 2. The third-order valence-electron chi connectivity index (χ3n) is 1.85. The number of nitrogens with zero attached hydrogens (tertiary/aromatic N) is 4. The van der Waals surface area contributed by atoms with Crippen LogP contribution in [0.4, 0.5) is 11.9 Å². The SMILES string of the molecule is CCNc1nc(OC)nc(N(C)CC(N)=O)n1. The lowest BCUT2D eigenvalue weighted by atomic mass is 10.5. The maximum Gasteiger partial charge on any atom is 0.322 e. The first kappa shape index (κ1) is 12.9. The highest BCUT2D eigenvalue weighted by Crippen LogP contribution is 2.13. The van der Waals surface area contributed by atoms with Crippen LogP contribution in [-0.2, 0) is 4.79 Å². The first-order valence-corrected chi connectivity index (χ1v) is 5.10.